The van der Waals surface area contributed by atoms with Crippen LogP contribution in [0.25, 0.3) is 22.7 Å². The molecule has 0 fully saturated rings. The molecule has 2 heterocycles. The molecule has 0 radical (unpaired) electrons. The zero-order valence-electron chi connectivity index (χ0n) is 18.7. The van der Waals surface area contributed by atoms with Crippen molar-refractivity contribution in [3.63, 3.8) is 0 Å². The maximum atomic E-state index is 13.3. The fraction of sp³-hybridized carbons (Fsp3) is 0.0345. The highest BCUT2D eigenvalue weighted by Gasteiger charge is 2.27. The van der Waals surface area contributed by atoms with Crippen LogP contribution in [0.2, 0.25) is 0 Å². The number of hydrogen-bond acceptors (Lipinski definition) is 5. The molecule has 0 bridgehead atoms. The van der Waals surface area contributed by atoms with Crippen LogP contribution < -0.4 is 0 Å². The molecule has 0 spiro atoms. The smallest absolute Gasteiger partial charge is 0.266 e. The molecule has 6 nitrogen and oxygen atoms in total. The van der Waals surface area contributed by atoms with E-state index in [1.54, 1.807) is 10.7 Å². The van der Waals surface area contributed by atoms with E-state index in [2.05, 4.69) is 5.10 Å². The monoisotopic (exact) mass is 462 g/mol. The zero-order valence-corrected chi connectivity index (χ0v) is 18.7. The lowest BCUT2D eigenvalue weighted by Crippen LogP contribution is -2.10. The van der Waals surface area contributed by atoms with E-state index in [1.807, 2.05) is 91.0 Å². The average Bonchev–Trinajstić information content (AvgIpc) is 3.61. The Morgan fingerprint density at radius 3 is 2.17 bits per heavy atom. The predicted molar refractivity (Wildman–Crippen MR) is 133 cm³/mol. The molecule has 5 rings (SSSR count). The maximum Gasteiger partial charge on any atom is 0.266 e. The molecule has 0 unspecified atom stereocenters. The Balaban J connectivity index is 1.65. The van der Waals surface area contributed by atoms with Gasteiger partial charge in [0.1, 0.15) is 6.61 Å². The second-order valence-corrected chi connectivity index (χ2v) is 7.78. The number of aliphatic hydroxyl groups is 1. The Kier molecular flexibility index (Phi) is 6.26. The molecule has 0 amide bonds. The summed E-state index contributed by atoms with van der Waals surface area (Å²) in [4.78, 5) is 13.3. The van der Waals surface area contributed by atoms with E-state index in [-0.39, 0.29) is 23.9 Å². The van der Waals surface area contributed by atoms with Gasteiger partial charge in [-0.25, -0.2) is 4.68 Å². The molecule has 35 heavy (non-hydrogen) atoms. The molecular weight excluding hydrogens is 440 g/mol. The molecule has 0 atom stereocenters. The molecule has 2 aromatic heterocycles. The van der Waals surface area contributed by atoms with Gasteiger partial charge in [0.05, 0.1) is 29.4 Å². The summed E-state index contributed by atoms with van der Waals surface area (Å²) in [5, 5.41) is 16.0. The first kappa shape index (κ1) is 22.0. The van der Waals surface area contributed by atoms with Gasteiger partial charge in [-0.1, -0.05) is 78.9 Å². The SMILES string of the molecule is O=C(/C(OCc1ccccc1)=C(\O)c1cnn(-c2ccccc2)c1-c1ccccc1)c1ccco1. The van der Waals surface area contributed by atoms with Gasteiger partial charge in [-0.2, -0.15) is 5.10 Å². The number of hydrogen-bond donors (Lipinski definition) is 1. The molecule has 172 valence electrons. The first-order valence-electron chi connectivity index (χ1n) is 11.1. The van der Waals surface area contributed by atoms with Gasteiger partial charge in [0.25, 0.3) is 5.78 Å². The topological polar surface area (TPSA) is 77.5 Å². The van der Waals surface area contributed by atoms with Crippen molar-refractivity contribution < 1.29 is 19.1 Å². The summed E-state index contributed by atoms with van der Waals surface area (Å²) in [7, 11) is 0. The summed E-state index contributed by atoms with van der Waals surface area (Å²) in [6.07, 6.45) is 2.94. The minimum Gasteiger partial charge on any atom is -0.504 e. The number of ketones is 1. The zero-order chi connectivity index (χ0) is 24.0. The van der Waals surface area contributed by atoms with Crippen molar-refractivity contribution in [2.45, 2.75) is 6.61 Å². The molecule has 3 aromatic carbocycles. The van der Waals surface area contributed by atoms with Crippen molar-refractivity contribution >= 4 is 11.5 Å². The number of para-hydroxylation sites is 1. The van der Waals surface area contributed by atoms with Gasteiger partial charge in [0.15, 0.2) is 11.5 Å². The minimum absolute atomic E-state index is 0.0660. The molecule has 0 saturated heterocycles. The molecule has 0 aliphatic rings. The van der Waals surface area contributed by atoms with E-state index in [1.165, 1.54) is 18.5 Å². The van der Waals surface area contributed by atoms with Gasteiger partial charge in [-0.3, -0.25) is 4.79 Å². The Bertz CT molecular complexity index is 1440. The van der Waals surface area contributed by atoms with Crippen molar-refractivity contribution in [3.8, 4) is 16.9 Å². The van der Waals surface area contributed by atoms with E-state index >= 15 is 0 Å². The molecule has 5 aromatic rings. The summed E-state index contributed by atoms with van der Waals surface area (Å²) in [5.41, 5.74) is 3.48. The quantitative estimate of drug-likeness (QED) is 0.163. The number of Topliss-reactive ketones (excluding diaryl/α,β-unsaturated/α-hetero) is 1. The summed E-state index contributed by atoms with van der Waals surface area (Å²) in [6.45, 7) is 0.0974. The van der Waals surface area contributed by atoms with E-state index in [0.717, 1.165) is 16.8 Å². The van der Waals surface area contributed by atoms with Crippen LogP contribution in [0.1, 0.15) is 21.7 Å². The number of furan rings is 1. The number of nitrogens with zero attached hydrogens (tertiary/aromatic N) is 2. The number of aromatic nitrogens is 2. The third kappa shape index (κ3) is 4.63. The third-order valence-corrected chi connectivity index (χ3v) is 5.46. The van der Waals surface area contributed by atoms with Crippen LogP contribution in [-0.2, 0) is 11.3 Å². The summed E-state index contributed by atoms with van der Waals surface area (Å²) in [6, 6.07) is 31.7. The maximum absolute atomic E-state index is 13.3. The van der Waals surface area contributed by atoms with Crippen molar-refractivity contribution in [3.05, 3.63) is 138 Å². The van der Waals surface area contributed by atoms with Gasteiger partial charge in [-0.15, -0.1) is 0 Å². The van der Waals surface area contributed by atoms with Gasteiger partial charge < -0.3 is 14.3 Å². The van der Waals surface area contributed by atoms with Crippen molar-refractivity contribution in [2.24, 2.45) is 0 Å². The Morgan fingerprint density at radius 1 is 0.857 bits per heavy atom. The van der Waals surface area contributed by atoms with Crippen LogP contribution in [0.15, 0.2) is 126 Å². The highest BCUT2D eigenvalue weighted by molar-refractivity contribution is 6.09. The lowest BCUT2D eigenvalue weighted by molar-refractivity contribution is 0.0872. The number of ether oxygens (including phenoxy) is 1. The fourth-order valence-corrected chi connectivity index (χ4v) is 3.77. The second-order valence-electron chi connectivity index (χ2n) is 7.78. The lowest BCUT2D eigenvalue weighted by Gasteiger charge is -2.13. The van der Waals surface area contributed by atoms with Gasteiger partial charge >= 0.3 is 0 Å². The van der Waals surface area contributed by atoms with Gasteiger partial charge in [-0.05, 0) is 29.8 Å². The van der Waals surface area contributed by atoms with Crippen LogP contribution in [0, 0.1) is 0 Å². The van der Waals surface area contributed by atoms with Gasteiger partial charge in [0, 0.05) is 5.56 Å². The molecule has 0 aliphatic heterocycles. The van der Waals surface area contributed by atoms with Crippen LogP contribution in [-0.4, -0.2) is 20.7 Å². The van der Waals surface area contributed by atoms with Crippen LogP contribution in [0.5, 0.6) is 0 Å². The minimum atomic E-state index is -0.560. The van der Waals surface area contributed by atoms with Crippen LogP contribution in [0.3, 0.4) is 0 Å². The van der Waals surface area contributed by atoms with Gasteiger partial charge in [0.2, 0.25) is 5.76 Å². The van der Waals surface area contributed by atoms with Crippen molar-refractivity contribution in [2.75, 3.05) is 0 Å². The molecule has 0 aliphatic carbocycles. The normalized spacial score (nSPS) is 11.7. The largest absolute Gasteiger partial charge is 0.504 e. The summed E-state index contributed by atoms with van der Waals surface area (Å²) < 4.78 is 13.0. The molecule has 0 saturated carbocycles. The first-order chi connectivity index (χ1) is 17.2. The highest BCUT2D eigenvalue weighted by atomic mass is 16.5. The highest BCUT2D eigenvalue weighted by Crippen LogP contribution is 2.33. The van der Waals surface area contributed by atoms with E-state index in [9.17, 15) is 9.90 Å². The number of benzene rings is 3. The Morgan fingerprint density at radius 2 is 1.51 bits per heavy atom. The summed E-state index contributed by atoms with van der Waals surface area (Å²) >= 11 is 0. The fourth-order valence-electron chi connectivity index (χ4n) is 3.77. The molecular formula is C29H22N2O4. The average molecular weight is 463 g/mol. The Hall–Kier alpha value is -4.84. The first-order valence-corrected chi connectivity index (χ1v) is 11.1. The number of carbonyl (C=O) groups is 1. The van der Waals surface area contributed by atoms with Crippen molar-refractivity contribution in [1.29, 1.82) is 0 Å². The standard InChI is InChI=1S/C29H22N2O4/c32-27(29(28(33)25-17-10-18-34-25)35-20-21-11-4-1-5-12-21)24-19-30-31(23-15-8-3-9-16-23)26(24)22-13-6-2-7-14-22/h1-19,32H,20H2/b29-27+. The second kappa shape index (κ2) is 9.97. The molecule has 1 N–H and O–H groups in total. The van der Waals surface area contributed by atoms with Crippen LogP contribution >= 0.6 is 0 Å². The van der Waals surface area contributed by atoms with E-state index in [4.69, 9.17) is 9.15 Å². The lowest BCUT2D eigenvalue weighted by atomic mass is 10.0. The van der Waals surface area contributed by atoms with E-state index < -0.39 is 5.78 Å². The van der Waals surface area contributed by atoms with Crippen LogP contribution in [0.4, 0.5) is 0 Å². The molecule has 6 heteroatoms. The third-order valence-electron chi connectivity index (χ3n) is 5.46. The van der Waals surface area contributed by atoms with E-state index in [0.29, 0.717) is 11.3 Å². The number of rotatable bonds is 8. The number of aliphatic hydroxyl groups excluding tert-OH is 1. The summed E-state index contributed by atoms with van der Waals surface area (Å²) in [5.74, 6) is -1.02. The number of allylic oxidation sites excluding steroid dienone is 1. The number of carbonyl (C=O) groups excluding carboxylic acids is 1. The Labute approximate surface area is 202 Å². The predicted octanol–water partition coefficient (Wildman–Crippen LogP) is 6.46. The van der Waals surface area contributed by atoms with Crippen molar-refractivity contribution in [1.82, 2.24) is 9.78 Å².